The number of nitrogens with two attached hydrogens (primary N) is 1. The molecule has 0 unspecified atom stereocenters. The number of aromatic nitrogens is 2. The van der Waals surface area contributed by atoms with Crippen LogP contribution in [-0.4, -0.2) is 44.6 Å². The van der Waals surface area contributed by atoms with E-state index in [1.165, 1.54) is 0 Å². The number of nitrogen functional groups attached to an aromatic ring is 1. The van der Waals surface area contributed by atoms with Crippen molar-refractivity contribution in [1.29, 1.82) is 0 Å². The monoisotopic (exact) mass is 463 g/mol. The number of para-hydroxylation sites is 1. The number of anilines is 1. The maximum atomic E-state index is 13.2. The molecule has 1 aliphatic heterocycles. The highest BCUT2D eigenvalue weighted by atomic mass is 16.5. The van der Waals surface area contributed by atoms with Gasteiger partial charge in [0.1, 0.15) is 17.6 Å². The Morgan fingerprint density at radius 2 is 2.00 bits per heavy atom. The van der Waals surface area contributed by atoms with Crippen LogP contribution in [0.5, 0.6) is 11.5 Å². The van der Waals surface area contributed by atoms with Crippen molar-refractivity contribution in [1.82, 2.24) is 20.2 Å². The van der Waals surface area contributed by atoms with Gasteiger partial charge in [-0.2, -0.15) is 0 Å². The summed E-state index contributed by atoms with van der Waals surface area (Å²) in [6.07, 6.45) is 2.09. The molecule has 5 N–H and O–H groups in total. The molecule has 1 aromatic heterocycles. The lowest BCUT2D eigenvalue weighted by atomic mass is 10.0. The minimum Gasteiger partial charge on any atom is -0.465 e. The molecule has 9 heteroatoms. The maximum absolute atomic E-state index is 13.2. The number of rotatable bonds is 7. The number of likely N-dealkylation sites (tertiary alicyclic amines) is 1. The summed E-state index contributed by atoms with van der Waals surface area (Å²) < 4.78 is 5.94. The van der Waals surface area contributed by atoms with Crippen molar-refractivity contribution in [2.45, 2.75) is 38.8 Å². The fourth-order valence-corrected chi connectivity index (χ4v) is 4.20. The summed E-state index contributed by atoms with van der Waals surface area (Å²) in [6.45, 7) is 4.20. The smallest absolute Gasteiger partial charge is 0.405 e. The Labute approximate surface area is 197 Å². The molecule has 2 amide bonds. The summed E-state index contributed by atoms with van der Waals surface area (Å²) in [5.41, 5.74) is 8.26. The second-order valence-electron chi connectivity index (χ2n) is 8.71. The van der Waals surface area contributed by atoms with Gasteiger partial charge in [-0.1, -0.05) is 38.1 Å². The van der Waals surface area contributed by atoms with E-state index in [4.69, 9.17) is 15.6 Å². The Balaban J connectivity index is 1.55. The number of hydrogen-bond acceptors (Lipinski definition) is 5. The topological polar surface area (TPSA) is 134 Å². The number of H-pyrrole nitrogens is 1. The number of imidazole rings is 1. The van der Waals surface area contributed by atoms with Gasteiger partial charge >= 0.3 is 6.09 Å². The molecule has 3 aromatic rings. The second-order valence-corrected chi connectivity index (χ2v) is 8.71. The van der Waals surface area contributed by atoms with Crippen LogP contribution in [0.3, 0.4) is 0 Å². The van der Waals surface area contributed by atoms with E-state index in [0.717, 1.165) is 24.1 Å². The Hall–Kier alpha value is -4.01. The van der Waals surface area contributed by atoms with E-state index in [9.17, 15) is 9.59 Å². The molecule has 0 spiro atoms. The predicted molar refractivity (Wildman–Crippen MR) is 128 cm³/mol. The molecule has 9 nitrogen and oxygen atoms in total. The fraction of sp³-hybridized carbons (Fsp3) is 0.320. The van der Waals surface area contributed by atoms with Crippen molar-refractivity contribution in [3.05, 3.63) is 60.6 Å². The summed E-state index contributed by atoms with van der Waals surface area (Å²) in [5.74, 6) is 1.49. The minimum absolute atomic E-state index is 0.171. The number of hydrogen-bond donors (Lipinski definition) is 4. The Morgan fingerprint density at radius 1 is 1.24 bits per heavy atom. The lowest BCUT2D eigenvalue weighted by Crippen LogP contribution is -2.50. The summed E-state index contributed by atoms with van der Waals surface area (Å²) in [6, 6.07) is 13.9. The Kier molecular flexibility index (Phi) is 6.72. The molecule has 4 rings (SSSR count). The largest absolute Gasteiger partial charge is 0.465 e. The Bertz CT molecular complexity index is 1160. The summed E-state index contributed by atoms with van der Waals surface area (Å²) in [5, 5.41) is 11.5. The van der Waals surface area contributed by atoms with Crippen molar-refractivity contribution in [3.63, 3.8) is 0 Å². The molecule has 2 aromatic carbocycles. The third kappa shape index (κ3) is 4.98. The van der Waals surface area contributed by atoms with Gasteiger partial charge in [0, 0.05) is 12.1 Å². The lowest BCUT2D eigenvalue weighted by molar-refractivity contribution is -0.135. The van der Waals surface area contributed by atoms with E-state index in [0.29, 0.717) is 29.6 Å². The van der Waals surface area contributed by atoms with E-state index in [-0.39, 0.29) is 17.9 Å². The van der Waals surface area contributed by atoms with E-state index in [2.05, 4.69) is 15.3 Å². The van der Waals surface area contributed by atoms with Gasteiger partial charge in [-0.3, -0.25) is 4.79 Å². The maximum Gasteiger partial charge on any atom is 0.405 e. The van der Waals surface area contributed by atoms with Crippen LogP contribution in [0.2, 0.25) is 0 Å². The third-order valence-corrected chi connectivity index (χ3v) is 5.95. The van der Waals surface area contributed by atoms with E-state index in [1.807, 2.05) is 56.3 Å². The number of aromatic amines is 1. The van der Waals surface area contributed by atoms with E-state index in [1.54, 1.807) is 17.2 Å². The van der Waals surface area contributed by atoms with Gasteiger partial charge in [0.15, 0.2) is 5.75 Å². The first kappa shape index (κ1) is 23.2. The van der Waals surface area contributed by atoms with Crippen molar-refractivity contribution < 1.29 is 19.4 Å². The summed E-state index contributed by atoms with van der Waals surface area (Å²) in [4.78, 5) is 34.0. The van der Waals surface area contributed by atoms with Crippen LogP contribution < -0.4 is 15.8 Å². The van der Waals surface area contributed by atoms with Crippen LogP contribution >= 0.6 is 0 Å². The highest BCUT2D eigenvalue weighted by molar-refractivity contribution is 5.86. The standard InChI is InChI=1S/C25H29N5O4/c1-15(2)22(29-25(32)33)24(31)30-12-6-9-20(30)23-27-14-19(28-23)16-10-11-18(26)21(13-16)34-17-7-4-3-5-8-17/h3-5,7-8,10-11,13-15,20,22,29H,6,9,12,26H2,1-2H3,(H,27,28)(H,32,33)/t20-,22-/m0/s1. The molecule has 2 heterocycles. The minimum atomic E-state index is -1.21. The van der Waals surface area contributed by atoms with Gasteiger partial charge in [0.05, 0.1) is 23.6 Å². The molecule has 2 atom stereocenters. The van der Waals surface area contributed by atoms with Gasteiger partial charge < -0.3 is 30.8 Å². The number of carboxylic acid groups (broad SMARTS) is 1. The first-order valence-electron chi connectivity index (χ1n) is 11.3. The number of nitrogens with zero attached hydrogens (tertiary/aromatic N) is 2. The highest BCUT2D eigenvalue weighted by Crippen LogP contribution is 2.35. The molecule has 0 bridgehead atoms. The van der Waals surface area contributed by atoms with Crippen LogP contribution in [-0.2, 0) is 4.79 Å². The van der Waals surface area contributed by atoms with Crippen molar-refractivity contribution in [3.8, 4) is 22.8 Å². The molecule has 0 radical (unpaired) electrons. The average molecular weight is 464 g/mol. The molecular formula is C25H29N5O4. The van der Waals surface area contributed by atoms with E-state index < -0.39 is 12.1 Å². The van der Waals surface area contributed by atoms with Gasteiger partial charge in [-0.25, -0.2) is 9.78 Å². The molecular weight excluding hydrogens is 434 g/mol. The van der Waals surface area contributed by atoms with Crippen LogP contribution in [0.25, 0.3) is 11.3 Å². The zero-order chi connectivity index (χ0) is 24.2. The number of amides is 2. The Morgan fingerprint density at radius 3 is 2.71 bits per heavy atom. The predicted octanol–water partition coefficient (Wildman–Crippen LogP) is 4.41. The molecule has 178 valence electrons. The van der Waals surface area contributed by atoms with E-state index >= 15 is 0 Å². The van der Waals surface area contributed by atoms with Crippen LogP contribution in [0.15, 0.2) is 54.7 Å². The molecule has 0 aliphatic carbocycles. The normalized spacial score (nSPS) is 16.4. The number of carbonyl (C=O) groups is 2. The van der Waals surface area contributed by atoms with Crippen LogP contribution in [0.1, 0.15) is 38.6 Å². The summed E-state index contributed by atoms with van der Waals surface area (Å²) in [7, 11) is 0. The number of nitrogens with one attached hydrogen (secondary N) is 2. The molecule has 1 aliphatic rings. The van der Waals surface area contributed by atoms with Gasteiger partial charge in [0.2, 0.25) is 5.91 Å². The van der Waals surface area contributed by atoms with Crippen molar-refractivity contribution in [2.75, 3.05) is 12.3 Å². The van der Waals surface area contributed by atoms with Crippen LogP contribution in [0, 0.1) is 5.92 Å². The second kappa shape index (κ2) is 9.86. The van der Waals surface area contributed by atoms with Crippen molar-refractivity contribution in [2.24, 2.45) is 5.92 Å². The third-order valence-electron chi connectivity index (χ3n) is 5.95. The lowest BCUT2D eigenvalue weighted by Gasteiger charge is -2.29. The zero-order valence-electron chi connectivity index (χ0n) is 19.2. The average Bonchev–Trinajstić information content (AvgIpc) is 3.48. The van der Waals surface area contributed by atoms with Gasteiger partial charge in [-0.15, -0.1) is 0 Å². The first-order chi connectivity index (χ1) is 16.3. The molecule has 0 saturated carbocycles. The molecule has 1 fully saturated rings. The quantitative estimate of drug-likeness (QED) is 0.384. The van der Waals surface area contributed by atoms with Gasteiger partial charge in [-0.05, 0) is 43.0 Å². The highest BCUT2D eigenvalue weighted by Gasteiger charge is 2.37. The first-order valence-corrected chi connectivity index (χ1v) is 11.3. The fourth-order valence-electron chi connectivity index (χ4n) is 4.20. The van der Waals surface area contributed by atoms with Gasteiger partial charge in [0.25, 0.3) is 0 Å². The SMILES string of the molecule is CC(C)[C@H](NC(=O)O)C(=O)N1CCC[C@H]1c1ncc(-c2ccc(N)c(Oc3ccccc3)c2)[nH]1. The number of benzene rings is 2. The summed E-state index contributed by atoms with van der Waals surface area (Å²) >= 11 is 0. The van der Waals surface area contributed by atoms with Crippen molar-refractivity contribution >= 4 is 17.7 Å². The molecule has 1 saturated heterocycles. The van der Waals surface area contributed by atoms with Crippen LogP contribution in [0.4, 0.5) is 10.5 Å². The number of carbonyl (C=O) groups excluding carboxylic acids is 1. The zero-order valence-corrected chi connectivity index (χ0v) is 19.2. The number of ether oxygens (including phenoxy) is 1. The molecule has 34 heavy (non-hydrogen) atoms.